The maximum Gasteiger partial charge on any atom is 0.254 e. The van der Waals surface area contributed by atoms with E-state index in [0.717, 1.165) is 17.9 Å². The molecule has 0 saturated carbocycles. The zero-order valence-electron chi connectivity index (χ0n) is 9.40. The summed E-state index contributed by atoms with van der Waals surface area (Å²) in [5, 5.41) is 0. The van der Waals surface area contributed by atoms with Gasteiger partial charge in [0, 0.05) is 25.7 Å². The summed E-state index contributed by atoms with van der Waals surface area (Å²) in [6.45, 7) is 1.17. The van der Waals surface area contributed by atoms with E-state index in [1.807, 2.05) is 14.1 Å². The number of carbonyl (C=O) groups excluding carboxylic acids is 1. The highest BCUT2D eigenvalue weighted by atomic mass is 31.2. The lowest BCUT2D eigenvalue weighted by Crippen LogP contribution is -3.05. The summed E-state index contributed by atoms with van der Waals surface area (Å²) in [6, 6.07) is 0. The fourth-order valence-electron chi connectivity index (χ4n) is 1.79. The van der Waals surface area contributed by atoms with Crippen molar-refractivity contribution in [2.45, 2.75) is 12.8 Å². The molecule has 0 aliphatic carbocycles. The molecule has 1 saturated heterocycles. The van der Waals surface area contributed by atoms with Crippen molar-refractivity contribution in [2.75, 3.05) is 39.6 Å². The minimum Gasteiger partial charge on any atom is -0.342 e. The lowest BCUT2D eigenvalue weighted by atomic mass is 10.4. The number of hydrogen-bond donors (Lipinski definition) is 2. The molecule has 0 aromatic rings. The van der Waals surface area contributed by atoms with E-state index >= 15 is 0 Å². The van der Waals surface area contributed by atoms with Gasteiger partial charge in [0.15, 0.2) is 6.29 Å². The van der Waals surface area contributed by atoms with Crippen LogP contribution in [0.3, 0.4) is 0 Å². The number of rotatable bonds is 5. The SMILES string of the molecule is C[NH+](C)CP(=O)(O)CCN1CCCC1=O. The van der Waals surface area contributed by atoms with Crippen molar-refractivity contribution in [3.63, 3.8) is 0 Å². The molecule has 88 valence electrons. The molecule has 0 bridgehead atoms. The van der Waals surface area contributed by atoms with E-state index in [2.05, 4.69) is 0 Å². The standard InChI is InChI=1S/C9H19N2O3P/c1-10(2)8-15(13,14)7-6-11-5-3-4-9(11)12/h3-8H2,1-2H3,(H,13,14)/p+1. The maximum absolute atomic E-state index is 11.7. The Morgan fingerprint density at radius 2 is 2.20 bits per heavy atom. The van der Waals surface area contributed by atoms with Crippen molar-refractivity contribution >= 4 is 13.3 Å². The quantitative estimate of drug-likeness (QED) is 0.600. The Morgan fingerprint density at radius 1 is 1.53 bits per heavy atom. The van der Waals surface area contributed by atoms with Gasteiger partial charge in [0.05, 0.1) is 14.1 Å². The van der Waals surface area contributed by atoms with Crippen molar-refractivity contribution < 1.29 is 19.2 Å². The van der Waals surface area contributed by atoms with Gasteiger partial charge in [-0.25, -0.2) is 0 Å². The summed E-state index contributed by atoms with van der Waals surface area (Å²) in [4.78, 5) is 23.5. The van der Waals surface area contributed by atoms with Gasteiger partial charge in [-0.2, -0.15) is 0 Å². The summed E-state index contributed by atoms with van der Waals surface area (Å²) in [7, 11) is 0.644. The molecule has 0 spiro atoms. The molecule has 1 fully saturated rings. The van der Waals surface area contributed by atoms with Crippen LogP contribution in [0.2, 0.25) is 0 Å². The fraction of sp³-hybridized carbons (Fsp3) is 0.889. The Bertz CT molecular complexity index is 281. The molecule has 6 heteroatoms. The molecule has 0 radical (unpaired) electrons. The highest BCUT2D eigenvalue weighted by Crippen LogP contribution is 2.37. The number of carbonyl (C=O) groups is 1. The van der Waals surface area contributed by atoms with E-state index in [9.17, 15) is 14.3 Å². The molecular formula is C9H20N2O3P+. The molecule has 15 heavy (non-hydrogen) atoms. The van der Waals surface area contributed by atoms with Crippen molar-refractivity contribution in [1.29, 1.82) is 0 Å². The Labute approximate surface area is 90.5 Å². The van der Waals surface area contributed by atoms with Crippen LogP contribution in [0.5, 0.6) is 0 Å². The van der Waals surface area contributed by atoms with Gasteiger partial charge in [-0.15, -0.1) is 0 Å². The van der Waals surface area contributed by atoms with Crippen molar-refractivity contribution in [1.82, 2.24) is 4.90 Å². The molecule has 1 aliphatic rings. The van der Waals surface area contributed by atoms with E-state index in [4.69, 9.17) is 0 Å². The average Bonchev–Trinajstić information content (AvgIpc) is 2.45. The van der Waals surface area contributed by atoms with Crippen LogP contribution in [0, 0.1) is 0 Å². The minimum absolute atomic E-state index is 0.118. The number of nitrogens with zero attached hydrogens (tertiary/aromatic N) is 1. The van der Waals surface area contributed by atoms with Gasteiger partial charge >= 0.3 is 0 Å². The molecule has 1 heterocycles. The van der Waals surface area contributed by atoms with Gasteiger partial charge in [0.2, 0.25) is 5.91 Å². The van der Waals surface area contributed by atoms with Crippen LogP contribution >= 0.6 is 7.37 Å². The third-order valence-corrected chi connectivity index (χ3v) is 4.48. The largest absolute Gasteiger partial charge is 0.342 e. The van der Waals surface area contributed by atoms with Gasteiger partial charge in [0.25, 0.3) is 7.37 Å². The lowest BCUT2D eigenvalue weighted by molar-refractivity contribution is -0.846. The Hall–Kier alpha value is -0.380. The van der Waals surface area contributed by atoms with Crippen LogP contribution in [0.1, 0.15) is 12.8 Å². The van der Waals surface area contributed by atoms with E-state index in [-0.39, 0.29) is 18.4 Å². The summed E-state index contributed by atoms with van der Waals surface area (Å²) < 4.78 is 11.7. The van der Waals surface area contributed by atoms with E-state index in [0.29, 0.717) is 13.0 Å². The van der Waals surface area contributed by atoms with Crippen LogP contribution in [-0.4, -0.2) is 55.3 Å². The smallest absolute Gasteiger partial charge is 0.254 e. The van der Waals surface area contributed by atoms with Crippen LogP contribution in [0.15, 0.2) is 0 Å². The zero-order valence-corrected chi connectivity index (χ0v) is 10.3. The molecule has 1 aliphatic heterocycles. The summed E-state index contributed by atoms with van der Waals surface area (Å²) >= 11 is 0. The molecule has 5 nitrogen and oxygen atoms in total. The van der Waals surface area contributed by atoms with Crippen molar-refractivity contribution in [3.8, 4) is 0 Å². The summed E-state index contributed by atoms with van der Waals surface area (Å²) in [6.07, 6.45) is 1.97. The van der Waals surface area contributed by atoms with E-state index < -0.39 is 7.37 Å². The first-order chi connectivity index (χ1) is 6.91. The van der Waals surface area contributed by atoms with Crippen LogP contribution < -0.4 is 4.90 Å². The molecule has 1 amide bonds. The third-order valence-electron chi connectivity index (χ3n) is 2.45. The highest BCUT2D eigenvalue weighted by molar-refractivity contribution is 7.57. The predicted octanol–water partition coefficient (Wildman–Crippen LogP) is -1.02. The van der Waals surface area contributed by atoms with Crippen molar-refractivity contribution in [3.05, 3.63) is 0 Å². The minimum atomic E-state index is -3.06. The zero-order chi connectivity index (χ0) is 11.5. The molecule has 0 aromatic heterocycles. The topological polar surface area (TPSA) is 62.1 Å². The number of quaternary nitrogens is 1. The molecular weight excluding hydrogens is 215 g/mol. The third kappa shape index (κ3) is 4.33. The van der Waals surface area contributed by atoms with Gasteiger partial charge in [-0.3, -0.25) is 9.36 Å². The van der Waals surface area contributed by atoms with Gasteiger partial charge < -0.3 is 14.7 Å². The van der Waals surface area contributed by atoms with E-state index in [1.54, 1.807) is 4.90 Å². The van der Waals surface area contributed by atoms with Crippen LogP contribution in [0.25, 0.3) is 0 Å². The average molecular weight is 235 g/mol. The molecule has 2 N–H and O–H groups in total. The Balaban J connectivity index is 2.35. The first-order valence-corrected chi connectivity index (χ1v) is 7.31. The second-order valence-electron chi connectivity index (χ2n) is 4.42. The molecule has 1 rings (SSSR count). The van der Waals surface area contributed by atoms with Crippen LogP contribution in [0.4, 0.5) is 0 Å². The first kappa shape index (κ1) is 12.7. The molecule has 1 unspecified atom stereocenters. The molecule has 0 aromatic carbocycles. The molecule has 1 atom stereocenters. The van der Waals surface area contributed by atoms with Crippen molar-refractivity contribution in [2.24, 2.45) is 0 Å². The Kier molecular flexibility index (Phi) is 4.32. The highest BCUT2D eigenvalue weighted by Gasteiger charge is 2.26. The lowest BCUT2D eigenvalue weighted by Gasteiger charge is -2.19. The number of likely N-dealkylation sites (tertiary alicyclic amines) is 1. The first-order valence-electron chi connectivity index (χ1n) is 5.28. The number of hydrogen-bond acceptors (Lipinski definition) is 2. The van der Waals surface area contributed by atoms with Gasteiger partial charge in [-0.1, -0.05) is 0 Å². The monoisotopic (exact) mass is 235 g/mol. The number of amides is 1. The second kappa shape index (κ2) is 5.10. The maximum atomic E-state index is 11.7. The fourth-order valence-corrected chi connectivity index (χ4v) is 3.49. The predicted molar refractivity (Wildman–Crippen MR) is 58.2 cm³/mol. The Morgan fingerprint density at radius 3 is 2.67 bits per heavy atom. The van der Waals surface area contributed by atoms with E-state index in [1.165, 1.54) is 0 Å². The number of nitrogens with one attached hydrogen (secondary N) is 1. The normalized spacial score (nSPS) is 21.1. The summed E-state index contributed by atoms with van der Waals surface area (Å²) in [5.41, 5.74) is 0. The van der Waals surface area contributed by atoms with Gasteiger partial charge in [0.1, 0.15) is 0 Å². The summed E-state index contributed by atoms with van der Waals surface area (Å²) in [5.74, 6) is 0.118. The second-order valence-corrected chi connectivity index (χ2v) is 6.88. The van der Waals surface area contributed by atoms with Gasteiger partial charge in [-0.05, 0) is 6.42 Å². The van der Waals surface area contributed by atoms with Crippen LogP contribution in [-0.2, 0) is 9.36 Å².